The lowest BCUT2D eigenvalue weighted by Crippen LogP contribution is -2.45. The Kier molecular flexibility index (Phi) is 3.03. The topological polar surface area (TPSA) is 37.3 Å². The van der Waals surface area contributed by atoms with Crippen LogP contribution in [0.5, 0.6) is 0 Å². The zero-order valence-electron chi connectivity index (χ0n) is 11.0. The quantitative estimate of drug-likeness (QED) is 0.708. The molecule has 1 N–H and O–H groups in total. The van der Waals surface area contributed by atoms with Crippen molar-refractivity contribution in [1.82, 2.24) is 0 Å². The Hall–Kier alpha value is -0.890. The van der Waals surface area contributed by atoms with Crippen molar-refractivity contribution in [3.05, 3.63) is 23.8 Å². The van der Waals surface area contributed by atoms with Crippen LogP contribution in [-0.2, 0) is 4.79 Å². The van der Waals surface area contributed by atoms with Gasteiger partial charge in [-0.15, -0.1) is 0 Å². The fourth-order valence-electron chi connectivity index (χ4n) is 3.32. The number of carbonyl (C=O) groups is 1. The van der Waals surface area contributed by atoms with Gasteiger partial charge in [0.15, 0.2) is 5.78 Å². The number of ketones is 1. The van der Waals surface area contributed by atoms with Gasteiger partial charge in [0.2, 0.25) is 0 Å². The number of aliphatic hydroxyl groups is 1. The first kappa shape index (κ1) is 12.6. The first-order valence-electron chi connectivity index (χ1n) is 6.44. The van der Waals surface area contributed by atoms with Crippen LogP contribution < -0.4 is 0 Å². The third kappa shape index (κ3) is 1.89. The van der Waals surface area contributed by atoms with Gasteiger partial charge in [-0.3, -0.25) is 4.79 Å². The van der Waals surface area contributed by atoms with E-state index in [0.29, 0.717) is 0 Å². The predicted molar refractivity (Wildman–Crippen MR) is 68.5 cm³/mol. The minimum absolute atomic E-state index is 0.0325. The molecule has 0 amide bonds. The summed E-state index contributed by atoms with van der Waals surface area (Å²) in [6.45, 7) is 10.1. The summed E-state index contributed by atoms with van der Waals surface area (Å²) in [5.41, 5.74) is 2.14. The maximum Gasteiger partial charge on any atom is 0.162 e. The van der Waals surface area contributed by atoms with E-state index in [2.05, 4.69) is 20.4 Å². The Morgan fingerprint density at radius 2 is 2.24 bits per heavy atom. The zero-order chi connectivity index (χ0) is 12.8. The lowest BCUT2D eigenvalue weighted by atomic mass is 9.57. The average Bonchev–Trinajstić information content (AvgIpc) is 2.26. The van der Waals surface area contributed by atoms with E-state index in [1.54, 1.807) is 0 Å². The smallest absolute Gasteiger partial charge is 0.162 e. The van der Waals surface area contributed by atoms with Crippen LogP contribution in [0.3, 0.4) is 0 Å². The lowest BCUT2D eigenvalue weighted by Gasteiger charge is -2.48. The molecule has 2 rings (SSSR count). The molecule has 0 aromatic heterocycles. The molecule has 1 saturated carbocycles. The molecule has 2 aliphatic rings. The third-order valence-corrected chi connectivity index (χ3v) is 4.91. The minimum Gasteiger partial charge on any atom is -0.393 e. The van der Waals surface area contributed by atoms with Crippen LogP contribution in [0, 0.1) is 17.3 Å². The van der Waals surface area contributed by atoms with Crippen LogP contribution in [0.4, 0.5) is 0 Å². The Balaban J connectivity index is 2.39. The molecule has 1 fully saturated rings. The van der Waals surface area contributed by atoms with Crippen molar-refractivity contribution < 1.29 is 9.90 Å². The fraction of sp³-hybridized carbons (Fsp3) is 0.667. The van der Waals surface area contributed by atoms with Crippen molar-refractivity contribution in [3.8, 4) is 0 Å². The summed E-state index contributed by atoms with van der Waals surface area (Å²) < 4.78 is 0. The third-order valence-electron chi connectivity index (χ3n) is 4.91. The number of hydrogen-bond donors (Lipinski definition) is 1. The molecule has 0 aliphatic heterocycles. The molecular formula is C15H22O2. The number of carbonyl (C=O) groups excluding carboxylic acids is 1. The van der Waals surface area contributed by atoms with Gasteiger partial charge in [0.1, 0.15) is 0 Å². The van der Waals surface area contributed by atoms with Gasteiger partial charge < -0.3 is 5.11 Å². The van der Waals surface area contributed by atoms with Crippen LogP contribution in [0.2, 0.25) is 0 Å². The molecule has 94 valence electrons. The van der Waals surface area contributed by atoms with Gasteiger partial charge >= 0.3 is 0 Å². The van der Waals surface area contributed by atoms with Crippen molar-refractivity contribution in [2.24, 2.45) is 17.3 Å². The number of rotatable bonds is 1. The molecule has 0 radical (unpaired) electrons. The van der Waals surface area contributed by atoms with Gasteiger partial charge in [-0.1, -0.05) is 31.6 Å². The van der Waals surface area contributed by atoms with Crippen molar-refractivity contribution in [2.45, 2.75) is 46.1 Å². The van der Waals surface area contributed by atoms with Crippen LogP contribution >= 0.6 is 0 Å². The average molecular weight is 234 g/mol. The normalized spacial score (nSPS) is 41.8. The summed E-state index contributed by atoms with van der Waals surface area (Å²) in [6.07, 6.45) is 4.04. The lowest BCUT2D eigenvalue weighted by molar-refractivity contribution is -0.120. The molecule has 0 aromatic carbocycles. The van der Waals surface area contributed by atoms with E-state index in [0.717, 1.165) is 24.8 Å². The molecule has 4 atom stereocenters. The number of hydrogen-bond acceptors (Lipinski definition) is 2. The molecule has 2 aliphatic carbocycles. The molecule has 2 heteroatoms. The van der Waals surface area contributed by atoms with Gasteiger partial charge in [0.05, 0.1) is 6.10 Å². The van der Waals surface area contributed by atoms with Gasteiger partial charge in [-0.2, -0.15) is 0 Å². The highest BCUT2D eigenvalue weighted by molar-refractivity contribution is 5.95. The van der Waals surface area contributed by atoms with Gasteiger partial charge in [-0.25, -0.2) is 0 Å². The second-order valence-electron chi connectivity index (χ2n) is 5.99. The van der Waals surface area contributed by atoms with E-state index < -0.39 is 0 Å². The SMILES string of the molecule is C=C(C)[C@H]1C[C@@]2(C)C(=CC1=O)CC[C@H](O)[C@@H]2C. The van der Waals surface area contributed by atoms with Crippen LogP contribution in [0.25, 0.3) is 0 Å². The molecule has 0 saturated heterocycles. The monoisotopic (exact) mass is 234 g/mol. The molecule has 17 heavy (non-hydrogen) atoms. The zero-order valence-corrected chi connectivity index (χ0v) is 11.0. The largest absolute Gasteiger partial charge is 0.393 e. The molecule has 0 aromatic rings. The summed E-state index contributed by atoms with van der Waals surface area (Å²) in [6, 6.07) is 0. The van der Waals surface area contributed by atoms with Gasteiger partial charge in [0, 0.05) is 5.92 Å². The highest BCUT2D eigenvalue weighted by Gasteiger charge is 2.47. The van der Waals surface area contributed by atoms with E-state index in [4.69, 9.17) is 0 Å². The van der Waals surface area contributed by atoms with Gasteiger partial charge in [-0.05, 0) is 43.6 Å². The van der Waals surface area contributed by atoms with Crippen LogP contribution in [0.1, 0.15) is 40.0 Å². The van der Waals surface area contributed by atoms with E-state index in [1.807, 2.05) is 13.0 Å². The van der Waals surface area contributed by atoms with E-state index in [-0.39, 0.29) is 29.1 Å². The summed E-state index contributed by atoms with van der Waals surface area (Å²) in [5, 5.41) is 10.0. The van der Waals surface area contributed by atoms with Crippen molar-refractivity contribution in [3.63, 3.8) is 0 Å². The molecule has 2 nitrogen and oxygen atoms in total. The van der Waals surface area contributed by atoms with E-state index >= 15 is 0 Å². The highest BCUT2D eigenvalue weighted by atomic mass is 16.3. The van der Waals surface area contributed by atoms with Crippen LogP contribution in [0.15, 0.2) is 23.8 Å². The molecule has 0 unspecified atom stereocenters. The predicted octanol–water partition coefficient (Wildman–Crippen LogP) is 2.88. The summed E-state index contributed by atoms with van der Waals surface area (Å²) in [5.74, 6) is 0.363. The maximum absolute atomic E-state index is 12.0. The van der Waals surface area contributed by atoms with E-state index in [1.165, 1.54) is 5.57 Å². The van der Waals surface area contributed by atoms with Crippen LogP contribution in [-0.4, -0.2) is 17.0 Å². The molecular weight excluding hydrogens is 212 g/mol. The highest BCUT2D eigenvalue weighted by Crippen LogP contribution is 2.52. The van der Waals surface area contributed by atoms with Crippen molar-refractivity contribution in [2.75, 3.05) is 0 Å². The van der Waals surface area contributed by atoms with E-state index in [9.17, 15) is 9.90 Å². The Morgan fingerprint density at radius 3 is 2.82 bits per heavy atom. The Morgan fingerprint density at radius 1 is 1.59 bits per heavy atom. The maximum atomic E-state index is 12.0. The summed E-state index contributed by atoms with van der Waals surface area (Å²) in [4.78, 5) is 12.0. The number of aliphatic hydroxyl groups excluding tert-OH is 1. The number of allylic oxidation sites excluding steroid dienone is 3. The molecule has 0 spiro atoms. The summed E-state index contributed by atoms with van der Waals surface area (Å²) in [7, 11) is 0. The number of fused-ring (bicyclic) bond motifs is 1. The minimum atomic E-state index is -0.240. The summed E-state index contributed by atoms with van der Waals surface area (Å²) >= 11 is 0. The Labute approximate surface area is 103 Å². The first-order chi connectivity index (χ1) is 7.86. The Bertz CT molecular complexity index is 394. The van der Waals surface area contributed by atoms with Gasteiger partial charge in [0.25, 0.3) is 0 Å². The van der Waals surface area contributed by atoms with Crippen molar-refractivity contribution in [1.29, 1.82) is 0 Å². The fourth-order valence-corrected chi connectivity index (χ4v) is 3.32. The standard InChI is InChI=1S/C15H22O2/c1-9(2)12-8-15(4)10(3)13(16)6-5-11(15)7-14(12)17/h7,10,12-13,16H,1,5-6,8H2,2-4H3/t10-,12+,13-,15+/m0/s1. The van der Waals surface area contributed by atoms with Crippen molar-refractivity contribution >= 4 is 5.78 Å². The molecule has 0 bridgehead atoms. The second-order valence-corrected chi connectivity index (χ2v) is 5.99. The first-order valence-corrected chi connectivity index (χ1v) is 6.44. The second kappa shape index (κ2) is 4.09. The molecule has 0 heterocycles.